The van der Waals surface area contributed by atoms with Gasteiger partial charge in [-0.3, -0.25) is 20.2 Å². The van der Waals surface area contributed by atoms with Gasteiger partial charge in [0.2, 0.25) is 0 Å². The summed E-state index contributed by atoms with van der Waals surface area (Å²) in [5, 5.41) is 29.5. The van der Waals surface area contributed by atoms with E-state index in [2.05, 4.69) is 10.2 Å². The van der Waals surface area contributed by atoms with Crippen LogP contribution in [-0.2, 0) is 5.75 Å². The minimum atomic E-state index is -0.717. The minimum Gasteiger partial charge on any atom is -0.377 e. The number of amidine groups is 1. The molecule has 0 aliphatic rings. The molecule has 0 aliphatic heterocycles. The molecule has 0 unspecified atom stereocenters. The Kier molecular flexibility index (Phi) is 6.18. The number of nitrogens with zero attached hydrogens (tertiary/aromatic N) is 4. The lowest BCUT2D eigenvalue weighted by atomic mass is 10.1. The van der Waals surface area contributed by atoms with Crippen molar-refractivity contribution in [2.24, 2.45) is 15.9 Å². The predicted molar refractivity (Wildman–Crippen MR) is 96.7 cm³/mol. The largest absolute Gasteiger partial charge is 0.377 e. The summed E-state index contributed by atoms with van der Waals surface area (Å²) in [5.74, 6) is 0.581. The topological polar surface area (TPSA) is 137 Å². The van der Waals surface area contributed by atoms with E-state index in [9.17, 15) is 20.2 Å². The van der Waals surface area contributed by atoms with Gasteiger partial charge in [-0.15, -0.1) is 5.10 Å². The highest BCUT2D eigenvalue weighted by atomic mass is 32.2. The molecule has 0 atom stereocenters. The van der Waals surface area contributed by atoms with Crippen molar-refractivity contribution in [2.75, 3.05) is 0 Å². The first kappa shape index (κ1) is 18.1. The normalized spacial score (nSPS) is 11.6. The molecule has 2 N–H and O–H groups in total. The molecule has 0 aliphatic carbocycles. The molecule has 9 nitrogen and oxygen atoms in total. The Morgan fingerprint density at radius 2 is 1.64 bits per heavy atom. The van der Waals surface area contributed by atoms with Gasteiger partial charge in [-0.05, 0) is 11.6 Å². The molecule has 10 heteroatoms. The molecule has 2 rings (SSSR count). The standard InChI is InChI=1S/C15H13N5O4S/c16-15(25-10-11-5-2-1-3-6-11)18-17-9-12-13(19(21)22)7-4-8-14(12)20(23)24/h1-9H,10H2,(H2,16,18). The maximum absolute atomic E-state index is 11.0. The molecule has 2 aromatic rings. The lowest BCUT2D eigenvalue weighted by Gasteiger charge is -2.00. The highest BCUT2D eigenvalue weighted by Gasteiger charge is 2.22. The van der Waals surface area contributed by atoms with Gasteiger partial charge in [0.15, 0.2) is 5.17 Å². The second-order valence-electron chi connectivity index (χ2n) is 4.68. The third-order valence-corrected chi connectivity index (χ3v) is 3.88. The summed E-state index contributed by atoms with van der Waals surface area (Å²) in [5.41, 5.74) is 5.67. The van der Waals surface area contributed by atoms with Crippen LogP contribution in [0.25, 0.3) is 0 Å². The van der Waals surface area contributed by atoms with Gasteiger partial charge in [0.05, 0.1) is 16.1 Å². The number of hydrogen-bond donors (Lipinski definition) is 1. The second kappa shape index (κ2) is 8.55. The summed E-state index contributed by atoms with van der Waals surface area (Å²) in [7, 11) is 0. The van der Waals surface area contributed by atoms with Gasteiger partial charge in [0.1, 0.15) is 5.56 Å². The van der Waals surface area contributed by atoms with Gasteiger partial charge in [-0.2, -0.15) is 5.10 Å². The predicted octanol–water partition coefficient (Wildman–Crippen LogP) is 3.09. The Labute approximate surface area is 146 Å². The van der Waals surface area contributed by atoms with E-state index in [0.29, 0.717) is 5.75 Å². The fourth-order valence-electron chi connectivity index (χ4n) is 1.90. The Balaban J connectivity index is 2.15. The van der Waals surface area contributed by atoms with E-state index >= 15 is 0 Å². The fraction of sp³-hybridized carbons (Fsp3) is 0.0667. The van der Waals surface area contributed by atoms with Gasteiger partial charge < -0.3 is 5.73 Å². The van der Waals surface area contributed by atoms with Crippen molar-refractivity contribution in [3.63, 3.8) is 0 Å². The smallest absolute Gasteiger partial charge is 0.285 e. The van der Waals surface area contributed by atoms with E-state index in [-0.39, 0.29) is 10.7 Å². The van der Waals surface area contributed by atoms with Crippen molar-refractivity contribution >= 4 is 34.5 Å². The van der Waals surface area contributed by atoms with Crippen LogP contribution < -0.4 is 5.73 Å². The van der Waals surface area contributed by atoms with Crippen LogP contribution in [0.3, 0.4) is 0 Å². The summed E-state index contributed by atoms with van der Waals surface area (Å²) >= 11 is 1.23. The number of nitro groups is 2. The molecule has 0 heterocycles. The van der Waals surface area contributed by atoms with Crippen molar-refractivity contribution in [1.82, 2.24) is 0 Å². The molecule has 128 valence electrons. The van der Waals surface area contributed by atoms with E-state index in [4.69, 9.17) is 5.73 Å². The van der Waals surface area contributed by atoms with Crippen LogP contribution >= 0.6 is 11.8 Å². The Morgan fingerprint density at radius 3 is 2.20 bits per heavy atom. The number of thioether (sulfide) groups is 1. The summed E-state index contributed by atoms with van der Waals surface area (Å²) in [6, 6.07) is 13.1. The molecule has 0 spiro atoms. The first-order valence-corrected chi connectivity index (χ1v) is 7.92. The minimum absolute atomic E-state index is 0.140. The van der Waals surface area contributed by atoms with Crippen molar-refractivity contribution < 1.29 is 9.85 Å². The molecule has 0 saturated heterocycles. The van der Waals surface area contributed by atoms with Gasteiger partial charge in [0, 0.05) is 17.9 Å². The Hall–Kier alpha value is -3.27. The van der Waals surface area contributed by atoms with Crippen LogP contribution in [-0.4, -0.2) is 21.2 Å². The van der Waals surface area contributed by atoms with Crippen LogP contribution in [0.1, 0.15) is 11.1 Å². The van der Waals surface area contributed by atoms with Gasteiger partial charge in [-0.25, -0.2) is 0 Å². The maximum Gasteiger partial charge on any atom is 0.285 e. The number of hydrogen-bond acceptors (Lipinski definition) is 7. The summed E-state index contributed by atoms with van der Waals surface area (Å²) in [6.07, 6.45) is 0.964. The molecule has 25 heavy (non-hydrogen) atoms. The van der Waals surface area contributed by atoms with Crippen molar-refractivity contribution in [3.8, 4) is 0 Å². The van der Waals surface area contributed by atoms with E-state index in [1.807, 2.05) is 30.3 Å². The highest BCUT2D eigenvalue weighted by Crippen LogP contribution is 2.26. The van der Waals surface area contributed by atoms with Crippen LogP contribution in [0.5, 0.6) is 0 Å². The zero-order valence-electron chi connectivity index (χ0n) is 12.8. The molecule has 0 fully saturated rings. The molecule has 2 aromatic carbocycles. The summed E-state index contributed by atoms with van der Waals surface area (Å²) < 4.78 is 0. The average Bonchev–Trinajstić information content (AvgIpc) is 2.60. The fourth-order valence-corrected chi connectivity index (χ4v) is 2.51. The third kappa shape index (κ3) is 5.11. The number of nitro benzene ring substituents is 2. The Bertz CT molecular complexity index is 807. The van der Waals surface area contributed by atoms with E-state index in [1.54, 1.807) is 0 Å². The molecule has 0 aromatic heterocycles. The monoisotopic (exact) mass is 359 g/mol. The second-order valence-corrected chi connectivity index (χ2v) is 5.68. The lowest BCUT2D eigenvalue weighted by molar-refractivity contribution is -0.394. The molecule has 0 bridgehead atoms. The zero-order valence-corrected chi connectivity index (χ0v) is 13.6. The zero-order chi connectivity index (χ0) is 18.2. The molecular weight excluding hydrogens is 346 g/mol. The van der Waals surface area contributed by atoms with Crippen molar-refractivity contribution in [1.29, 1.82) is 0 Å². The Morgan fingerprint density at radius 1 is 1.04 bits per heavy atom. The highest BCUT2D eigenvalue weighted by molar-refractivity contribution is 8.13. The van der Waals surface area contributed by atoms with Gasteiger partial charge in [0.25, 0.3) is 11.4 Å². The molecule has 0 radical (unpaired) electrons. The molecule has 0 amide bonds. The molecular formula is C15H13N5O4S. The number of benzene rings is 2. The van der Waals surface area contributed by atoms with Crippen molar-refractivity contribution in [2.45, 2.75) is 5.75 Å². The van der Waals surface area contributed by atoms with E-state index < -0.39 is 21.2 Å². The van der Waals surface area contributed by atoms with Gasteiger partial charge >= 0.3 is 0 Å². The third-order valence-electron chi connectivity index (χ3n) is 3.03. The first-order valence-electron chi connectivity index (χ1n) is 6.94. The number of nitrogens with two attached hydrogens (primary N) is 1. The summed E-state index contributed by atoms with van der Waals surface area (Å²) in [6.45, 7) is 0. The lowest BCUT2D eigenvalue weighted by Crippen LogP contribution is -2.06. The average molecular weight is 359 g/mol. The van der Waals surface area contributed by atoms with Crippen LogP contribution in [0.2, 0.25) is 0 Å². The van der Waals surface area contributed by atoms with E-state index in [1.165, 1.54) is 17.8 Å². The van der Waals surface area contributed by atoms with Gasteiger partial charge in [-0.1, -0.05) is 42.1 Å². The summed E-state index contributed by atoms with van der Waals surface area (Å²) in [4.78, 5) is 20.6. The quantitative estimate of drug-likeness (QED) is 0.364. The van der Waals surface area contributed by atoms with Crippen LogP contribution in [0, 0.1) is 20.2 Å². The SMILES string of the molecule is NC(=NN=Cc1c([N+](=O)[O-])cccc1[N+](=O)[O-])SCc1ccccc1. The first-order chi connectivity index (χ1) is 12.0. The van der Waals surface area contributed by atoms with E-state index in [0.717, 1.165) is 23.9 Å². The van der Waals surface area contributed by atoms with Crippen LogP contribution in [0.15, 0.2) is 58.7 Å². The number of rotatable bonds is 6. The maximum atomic E-state index is 11.0. The van der Waals surface area contributed by atoms with Crippen molar-refractivity contribution in [3.05, 3.63) is 79.9 Å². The van der Waals surface area contributed by atoms with Crippen LogP contribution in [0.4, 0.5) is 11.4 Å². The molecule has 0 saturated carbocycles.